The molecule has 1 aromatic heterocycles. The standard InChI is InChI=1S/C16H15NO3S/c1-12(18)13-4-2-5-14(10-13)17-16(19)7-9-21-11-15-6-3-8-20-15/h2-10H,11H2,1H3,(H,17,19). The molecule has 0 radical (unpaired) electrons. The summed E-state index contributed by atoms with van der Waals surface area (Å²) in [7, 11) is 0. The third kappa shape index (κ3) is 4.96. The van der Waals surface area contributed by atoms with Gasteiger partial charge in [-0.05, 0) is 36.6 Å². The molecule has 2 rings (SSSR count). The van der Waals surface area contributed by atoms with Crippen LogP contribution in [0.1, 0.15) is 23.0 Å². The molecule has 21 heavy (non-hydrogen) atoms. The Labute approximate surface area is 127 Å². The molecule has 1 aromatic carbocycles. The first-order chi connectivity index (χ1) is 10.1. The number of anilines is 1. The SMILES string of the molecule is CC(=O)c1cccc(NC(=O)C=CSCc2ccco2)c1. The Kier molecular flexibility index (Phi) is 5.40. The van der Waals surface area contributed by atoms with E-state index < -0.39 is 0 Å². The van der Waals surface area contributed by atoms with Crippen LogP contribution in [0, 0.1) is 0 Å². The Morgan fingerprint density at radius 1 is 1.29 bits per heavy atom. The number of hydrogen-bond acceptors (Lipinski definition) is 4. The van der Waals surface area contributed by atoms with Crippen LogP contribution in [0.3, 0.4) is 0 Å². The molecule has 0 saturated carbocycles. The molecule has 1 amide bonds. The van der Waals surface area contributed by atoms with E-state index in [2.05, 4.69) is 5.32 Å². The largest absolute Gasteiger partial charge is 0.468 e. The molecule has 0 aliphatic heterocycles. The molecule has 0 saturated heterocycles. The number of amides is 1. The summed E-state index contributed by atoms with van der Waals surface area (Å²) in [5.74, 6) is 1.27. The molecule has 0 aliphatic carbocycles. The van der Waals surface area contributed by atoms with Crippen LogP contribution in [0.25, 0.3) is 0 Å². The fraction of sp³-hybridized carbons (Fsp3) is 0.125. The van der Waals surface area contributed by atoms with Crippen molar-refractivity contribution in [2.75, 3.05) is 5.32 Å². The molecule has 0 aliphatic rings. The molecular formula is C16H15NO3S. The van der Waals surface area contributed by atoms with Gasteiger partial charge in [-0.2, -0.15) is 0 Å². The second-order valence-corrected chi connectivity index (χ2v) is 5.21. The molecule has 108 valence electrons. The summed E-state index contributed by atoms with van der Waals surface area (Å²) in [5.41, 5.74) is 1.18. The average molecular weight is 301 g/mol. The molecule has 0 fully saturated rings. The van der Waals surface area contributed by atoms with Crippen molar-refractivity contribution in [3.05, 3.63) is 65.5 Å². The highest BCUT2D eigenvalue weighted by Crippen LogP contribution is 2.14. The lowest BCUT2D eigenvalue weighted by atomic mass is 10.1. The number of Topliss-reactive ketones (excluding diaryl/α,β-unsaturated/α-hetero) is 1. The zero-order valence-corrected chi connectivity index (χ0v) is 12.4. The first-order valence-electron chi connectivity index (χ1n) is 6.37. The third-order valence-electron chi connectivity index (χ3n) is 2.66. The highest BCUT2D eigenvalue weighted by atomic mass is 32.2. The van der Waals surface area contributed by atoms with Crippen LogP contribution in [0.5, 0.6) is 0 Å². The van der Waals surface area contributed by atoms with Gasteiger partial charge in [0.2, 0.25) is 5.91 Å². The van der Waals surface area contributed by atoms with E-state index in [0.717, 1.165) is 5.76 Å². The van der Waals surface area contributed by atoms with Gasteiger partial charge in [0.1, 0.15) is 5.76 Å². The zero-order chi connectivity index (χ0) is 15.1. The first-order valence-corrected chi connectivity index (χ1v) is 7.42. The molecule has 4 nitrogen and oxygen atoms in total. The molecule has 2 aromatic rings. The molecule has 0 unspecified atom stereocenters. The van der Waals surface area contributed by atoms with Crippen LogP contribution in [0.4, 0.5) is 5.69 Å². The maximum absolute atomic E-state index is 11.7. The van der Waals surface area contributed by atoms with Gasteiger partial charge in [-0.25, -0.2) is 0 Å². The van der Waals surface area contributed by atoms with E-state index in [1.807, 2.05) is 12.1 Å². The van der Waals surface area contributed by atoms with Crippen molar-refractivity contribution in [2.45, 2.75) is 12.7 Å². The van der Waals surface area contributed by atoms with Gasteiger partial charge in [-0.15, -0.1) is 11.8 Å². The number of nitrogens with one attached hydrogen (secondary N) is 1. The zero-order valence-electron chi connectivity index (χ0n) is 11.5. The predicted octanol–water partition coefficient (Wildman–Crippen LogP) is 3.87. The van der Waals surface area contributed by atoms with E-state index in [4.69, 9.17) is 4.42 Å². The molecule has 5 heteroatoms. The van der Waals surface area contributed by atoms with Gasteiger partial charge in [0.05, 0.1) is 12.0 Å². The summed E-state index contributed by atoms with van der Waals surface area (Å²) >= 11 is 1.47. The van der Waals surface area contributed by atoms with Crippen molar-refractivity contribution >= 4 is 29.1 Å². The highest BCUT2D eigenvalue weighted by Gasteiger charge is 2.02. The Morgan fingerprint density at radius 2 is 2.14 bits per heavy atom. The average Bonchev–Trinajstić information content (AvgIpc) is 2.97. The van der Waals surface area contributed by atoms with Gasteiger partial charge in [0, 0.05) is 17.3 Å². The van der Waals surface area contributed by atoms with E-state index in [1.54, 1.807) is 35.9 Å². The van der Waals surface area contributed by atoms with Gasteiger partial charge in [0.15, 0.2) is 5.78 Å². The summed E-state index contributed by atoms with van der Waals surface area (Å²) in [6.45, 7) is 1.49. The number of ketones is 1. The van der Waals surface area contributed by atoms with Crippen molar-refractivity contribution in [1.29, 1.82) is 0 Å². The number of hydrogen-bond donors (Lipinski definition) is 1. The van der Waals surface area contributed by atoms with E-state index in [-0.39, 0.29) is 11.7 Å². The number of carbonyl (C=O) groups is 2. The number of carbonyl (C=O) groups excluding carboxylic acids is 2. The number of rotatable bonds is 6. The molecule has 1 heterocycles. The number of benzene rings is 1. The van der Waals surface area contributed by atoms with Gasteiger partial charge in [-0.3, -0.25) is 9.59 Å². The molecule has 1 N–H and O–H groups in total. The van der Waals surface area contributed by atoms with Crippen LogP contribution >= 0.6 is 11.8 Å². The second kappa shape index (κ2) is 7.50. The van der Waals surface area contributed by atoms with Crippen LogP contribution < -0.4 is 5.32 Å². The molecule has 0 bridgehead atoms. The van der Waals surface area contributed by atoms with Gasteiger partial charge in [0.25, 0.3) is 0 Å². The summed E-state index contributed by atoms with van der Waals surface area (Å²) in [6.07, 6.45) is 3.07. The molecular weight excluding hydrogens is 286 g/mol. The van der Waals surface area contributed by atoms with E-state index in [1.165, 1.54) is 24.8 Å². The van der Waals surface area contributed by atoms with Crippen LogP contribution in [-0.4, -0.2) is 11.7 Å². The second-order valence-electron chi connectivity index (χ2n) is 4.32. The quantitative estimate of drug-likeness (QED) is 0.650. The van der Waals surface area contributed by atoms with Gasteiger partial charge in [-0.1, -0.05) is 12.1 Å². The molecule has 0 spiro atoms. The smallest absolute Gasteiger partial charge is 0.248 e. The van der Waals surface area contributed by atoms with E-state index >= 15 is 0 Å². The minimum atomic E-state index is -0.234. The minimum absolute atomic E-state index is 0.0318. The van der Waals surface area contributed by atoms with Crippen LogP contribution in [-0.2, 0) is 10.5 Å². The molecule has 0 atom stereocenters. The normalized spacial score (nSPS) is 10.7. The van der Waals surface area contributed by atoms with E-state index in [9.17, 15) is 9.59 Å². The highest BCUT2D eigenvalue weighted by molar-refractivity contribution is 8.01. The summed E-state index contributed by atoms with van der Waals surface area (Å²) < 4.78 is 5.18. The van der Waals surface area contributed by atoms with Gasteiger partial charge < -0.3 is 9.73 Å². The van der Waals surface area contributed by atoms with Crippen molar-refractivity contribution < 1.29 is 14.0 Å². The fourth-order valence-electron chi connectivity index (χ4n) is 1.63. The third-order valence-corrected chi connectivity index (χ3v) is 3.44. The Balaban J connectivity index is 1.83. The maximum atomic E-state index is 11.7. The first kappa shape index (κ1) is 15.1. The van der Waals surface area contributed by atoms with Crippen molar-refractivity contribution in [1.82, 2.24) is 0 Å². The van der Waals surface area contributed by atoms with Gasteiger partial charge >= 0.3 is 0 Å². The monoisotopic (exact) mass is 301 g/mol. The van der Waals surface area contributed by atoms with Crippen molar-refractivity contribution in [3.63, 3.8) is 0 Å². The lowest BCUT2D eigenvalue weighted by Crippen LogP contribution is -2.08. The van der Waals surface area contributed by atoms with E-state index in [0.29, 0.717) is 17.0 Å². The summed E-state index contributed by atoms with van der Waals surface area (Å²) in [4.78, 5) is 23.0. The van der Waals surface area contributed by atoms with Crippen LogP contribution in [0.15, 0.2) is 58.6 Å². The lowest BCUT2D eigenvalue weighted by molar-refractivity contribution is -0.111. The Morgan fingerprint density at radius 3 is 2.86 bits per heavy atom. The number of furan rings is 1. The fourth-order valence-corrected chi connectivity index (χ4v) is 2.28. The summed E-state index contributed by atoms with van der Waals surface area (Å²) in [6, 6.07) is 10.6. The number of thioether (sulfide) groups is 1. The minimum Gasteiger partial charge on any atom is -0.468 e. The Bertz CT molecular complexity index is 647. The predicted molar refractivity (Wildman–Crippen MR) is 84.2 cm³/mol. The lowest BCUT2D eigenvalue weighted by Gasteiger charge is -2.03. The topological polar surface area (TPSA) is 59.3 Å². The van der Waals surface area contributed by atoms with Crippen molar-refractivity contribution in [2.24, 2.45) is 0 Å². The maximum Gasteiger partial charge on any atom is 0.248 e. The Hall–Kier alpha value is -2.27. The summed E-state index contributed by atoms with van der Waals surface area (Å²) in [5, 5.41) is 4.43. The van der Waals surface area contributed by atoms with Crippen LogP contribution in [0.2, 0.25) is 0 Å². The van der Waals surface area contributed by atoms with Crippen molar-refractivity contribution in [3.8, 4) is 0 Å².